The number of nitrogens with zero attached hydrogens (tertiary/aromatic N) is 1. The van der Waals surface area contributed by atoms with Crippen molar-refractivity contribution in [1.29, 1.82) is 5.26 Å². The summed E-state index contributed by atoms with van der Waals surface area (Å²) < 4.78 is 0. The SMILES string of the molecule is Cc1cc(C(O)C(=O)O)cc(C=O)c1C#N. The number of aliphatic hydroxyl groups excluding tert-OH is 1. The molecule has 0 amide bonds. The Hall–Kier alpha value is -2.19. The zero-order chi connectivity index (χ0) is 12.3. The molecule has 1 aromatic rings. The summed E-state index contributed by atoms with van der Waals surface area (Å²) in [5.74, 6) is -1.40. The first kappa shape index (κ1) is 11.9. The van der Waals surface area contributed by atoms with Crippen LogP contribution in [0.3, 0.4) is 0 Å². The molecule has 0 fully saturated rings. The Bertz CT molecular complexity index is 487. The molecule has 0 aliphatic heterocycles. The van der Waals surface area contributed by atoms with Gasteiger partial charge in [-0.05, 0) is 24.1 Å². The van der Waals surface area contributed by atoms with Crippen molar-refractivity contribution < 1.29 is 19.8 Å². The molecule has 0 aromatic heterocycles. The maximum absolute atomic E-state index is 10.7. The molecule has 0 aliphatic carbocycles. The van der Waals surface area contributed by atoms with Crippen LogP contribution in [0.1, 0.15) is 33.2 Å². The summed E-state index contributed by atoms with van der Waals surface area (Å²) in [6, 6.07) is 4.43. The molecule has 5 nitrogen and oxygen atoms in total. The average Bonchev–Trinajstić information content (AvgIpc) is 2.26. The van der Waals surface area contributed by atoms with E-state index in [-0.39, 0.29) is 16.7 Å². The van der Waals surface area contributed by atoms with Crippen LogP contribution in [-0.2, 0) is 4.79 Å². The zero-order valence-corrected chi connectivity index (χ0v) is 8.47. The van der Waals surface area contributed by atoms with Crippen molar-refractivity contribution in [2.24, 2.45) is 0 Å². The quantitative estimate of drug-likeness (QED) is 0.732. The van der Waals surface area contributed by atoms with Crippen molar-refractivity contribution in [3.8, 4) is 6.07 Å². The Morgan fingerprint density at radius 3 is 2.62 bits per heavy atom. The first-order valence-electron chi connectivity index (χ1n) is 4.42. The lowest BCUT2D eigenvalue weighted by atomic mass is 9.97. The molecule has 1 rings (SSSR count). The number of carboxylic acids is 1. The highest BCUT2D eigenvalue weighted by atomic mass is 16.4. The largest absolute Gasteiger partial charge is 0.479 e. The van der Waals surface area contributed by atoms with Crippen molar-refractivity contribution in [1.82, 2.24) is 0 Å². The van der Waals surface area contributed by atoms with E-state index >= 15 is 0 Å². The molecule has 0 spiro atoms. The summed E-state index contributed by atoms with van der Waals surface area (Å²) in [5, 5.41) is 26.7. The molecular formula is C11H9NO4. The van der Waals surface area contributed by atoms with E-state index in [1.165, 1.54) is 12.1 Å². The summed E-state index contributed by atoms with van der Waals surface area (Å²) in [6.45, 7) is 1.57. The third kappa shape index (κ3) is 2.07. The van der Waals surface area contributed by atoms with Crippen molar-refractivity contribution in [2.75, 3.05) is 0 Å². The van der Waals surface area contributed by atoms with Gasteiger partial charge < -0.3 is 10.2 Å². The lowest BCUT2D eigenvalue weighted by Crippen LogP contribution is -2.11. The Morgan fingerprint density at radius 1 is 1.56 bits per heavy atom. The van der Waals surface area contributed by atoms with Gasteiger partial charge in [0.2, 0.25) is 0 Å². The number of aliphatic carboxylic acids is 1. The number of rotatable bonds is 3. The van der Waals surface area contributed by atoms with Crippen molar-refractivity contribution >= 4 is 12.3 Å². The second kappa shape index (κ2) is 4.55. The maximum atomic E-state index is 10.7. The minimum absolute atomic E-state index is 0.0813. The molecule has 5 heteroatoms. The van der Waals surface area contributed by atoms with Crippen LogP contribution in [0.25, 0.3) is 0 Å². The van der Waals surface area contributed by atoms with Gasteiger partial charge in [0.15, 0.2) is 12.4 Å². The normalized spacial score (nSPS) is 11.6. The molecule has 0 bridgehead atoms. The predicted molar refractivity (Wildman–Crippen MR) is 53.9 cm³/mol. The number of carbonyl (C=O) groups excluding carboxylic acids is 1. The smallest absolute Gasteiger partial charge is 0.337 e. The van der Waals surface area contributed by atoms with Gasteiger partial charge in [0, 0.05) is 5.56 Å². The van der Waals surface area contributed by atoms with E-state index in [1.54, 1.807) is 6.92 Å². The van der Waals surface area contributed by atoms with Gasteiger partial charge >= 0.3 is 5.97 Å². The summed E-state index contributed by atoms with van der Waals surface area (Å²) in [4.78, 5) is 21.3. The molecular weight excluding hydrogens is 210 g/mol. The lowest BCUT2D eigenvalue weighted by molar-refractivity contribution is -0.146. The van der Waals surface area contributed by atoms with Crippen LogP contribution in [-0.4, -0.2) is 22.5 Å². The Morgan fingerprint density at radius 2 is 2.19 bits per heavy atom. The average molecular weight is 219 g/mol. The van der Waals surface area contributed by atoms with E-state index in [0.29, 0.717) is 11.8 Å². The second-order valence-corrected chi connectivity index (χ2v) is 3.27. The van der Waals surface area contributed by atoms with Crippen molar-refractivity contribution in [3.05, 3.63) is 34.4 Å². The van der Waals surface area contributed by atoms with E-state index in [9.17, 15) is 14.7 Å². The van der Waals surface area contributed by atoms with Gasteiger partial charge in [-0.1, -0.05) is 6.07 Å². The minimum atomic E-state index is -1.69. The summed E-state index contributed by atoms with van der Waals surface area (Å²) in [6.07, 6.45) is -1.23. The van der Waals surface area contributed by atoms with E-state index in [0.717, 1.165) is 0 Å². The standard InChI is InChI=1S/C11H9NO4/c1-6-2-7(10(14)11(15)16)3-8(5-13)9(6)4-12/h2-3,5,10,14H,1H3,(H,15,16). The van der Waals surface area contributed by atoms with Gasteiger partial charge in [0.1, 0.15) is 6.07 Å². The number of aliphatic hydroxyl groups is 1. The number of aryl methyl sites for hydroxylation is 1. The van der Waals surface area contributed by atoms with Crippen LogP contribution in [0.5, 0.6) is 0 Å². The Labute approximate surface area is 91.6 Å². The molecule has 0 radical (unpaired) electrons. The minimum Gasteiger partial charge on any atom is -0.479 e. The summed E-state index contributed by atoms with van der Waals surface area (Å²) in [5.41, 5.74) is 0.822. The third-order valence-electron chi connectivity index (χ3n) is 2.18. The van der Waals surface area contributed by atoms with Crippen molar-refractivity contribution in [2.45, 2.75) is 13.0 Å². The summed E-state index contributed by atoms with van der Waals surface area (Å²) in [7, 11) is 0. The van der Waals surface area contributed by atoms with Gasteiger partial charge in [-0.2, -0.15) is 5.26 Å². The van der Waals surface area contributed by atoms with Gasteiger partial charge in [-0.15, -0.1) is 0 Å². The van der Waals surface area contributed by atoms with Crippen LogP contribution < -0.4 is 0 Å². The number of hydrogen-bond acceptors (Lipinski definition) is 4. The fourth-order valence-corrected chi connectivity index (χ4v) is 1.39. The number of aldehydes is 1. The van der Waals surface area contributed by atoms with E-state index in [2.05, 4.69) is 0 Å². The summed E-state index contributed by atoms with van der Waals surface area (Å²) >= 11 is 0. The molecule has 0 heterocycles. The lowest BCUT2D eigenvalue weighted by Gasteiger charge is -2.09. The van der Waals surface area contributed by atoms with Crippen molar-refractivity contribution in [3.63, 3.8) is 0 Å². The highest BCUT2D eigenvalue weighted by Crippen LogP contribution is 2.20. The Kier molecular flexibility index (Phi) is 3.38. The van der Waals surface area contributed by atoms with Gasteiger partial charge in [-0.25, -0.2) is 4.79 Å². The van der Waals surface area contributed by atoms with E-state index in [1.807, 2.05) is 6.07 Å². The topological polar surface area (TPSA) is 98.4 Å². The fourth-order valence-electron chi connectivity index (χ4n) is 1.39. The van der Waals surface area contributed by atoms with Gasteiger partial charge in [0.25, 0.3) is 0 Å². The number of carboxylic acid groups (broad SMARTS) is 1. The number of carbonyl (C=O) groups is 2. The highest BCUT2D eigenvalue weighted by Gasteiger charge is 2.18. The highest BCUT2D eigenvalue weighted by molar-refractivity contribution is 5.82. The molecule has 2 N–H and O–H groups in total. The molecule has 1 aromatic carbocycles. The Balaban J connectivity index is 3.38. The van der Waals surface area contributed by atoms with Crippen LogP contribution >= 0.6 is 0 Å². The number of benzene rings is 1. The molecule has 0 saturated carbocycles. The zero-order valence-electron chi connectivity index (χ0n) is 8.47. The number of hydrogen-bond donors (Lipinski definition) is 2. The molecule has 1 atom stereocenters. The molecule has 0 aliphatic rings. The molecule has 0 saturated heterocycles. The van der Waals surface area contributed by atoms with Crippen LogP contribution in [0.2, 0.25) is 0 Å². The first-order valence-corrected chi connectivity index (χ1v) is 4.42. The molecule has 1 unspecified atom stereocenters. The predicted octanol–water partition coefficient (Wildman–Crippen LogP) is 0.797. The monoisotopic (exact) mass is 219 g/mol. The molecule has 16 heavy (non-hydrogen) atoms. The second-order valence-electron chi connectivity index (χ2n) is 3.27. The fraction of sp³-hybridized carbons (Fsp3) is 0.182. The molecule has 82 valence electrons. The first-order chi connectivity index (χ1) is 7.51. The van der Waals surface area contributed by atoms with Gasteiger partial charge in [-0.3, -0.25) is 4.79 Å². The van der Waals surface area contributed by atoms with E-state index in [4.69, 9.17) is 10.4 Å². The van der Waals surface area contributed by atoms with Crippen LogP contribution in [0, 0.1) is 18.3 Å². The third-order valence-corrected chi connectivity index (χ3v) is 2.18. The number of nitriles is 1. The van der Waals surface area contributed by atoms with Crippen LogP contribution in [0.4, 0.5) is 0 Å². The van der Waals surface area contributed by atoms with Crippen LogP contribution in [0.15, 0.2) is 12.1 Å². The van der Waals surface area contributed by atoms with E-state index < -0.39 is 12.1 Å². The maximum Gasteiger partial charge on any atom is 0.337 e. The van der Waals surface area contributed by atoms with Gasteiger partial charge in [0.05, 0.1) is 5.56 Å².